The quantitative estimate of drug-likeness (QED) is 0.835. The first-order valence-corrected chi connectivity index (χ1v) is 4.71. The van der Waals surface area contributed by atoms with E-state index in [0.717, 1.165) is 11.3 Å². The van der Waals surface area contributed by atoms with Crippen molar-refractivity contribution in [3.63, 3.8) is 0 Å². The van der Waals surface area contributed by atoms with Crippen LogP contribution in [0.15, 0.2) is 24.3 Å². The molecule has 0 saturated carbocycles. The summed E-state index contributed by atoms with van der Waals surface area (Å²) in [6.45, 7) is 1.69. The number of rotatable bonds is 3. The molecule has 0 heterocycles. The Kier molecular flexibility index (Phi) is 3.98. The third kappa shape index (κ3) is 3.05. The second kappa shape index (κ2) is 5.03. The van der Waals surface area contributed by atoms with E-state index >= 15 is 0 Å². The highest BCUT2D eigenvalue weighted by atomic mass is 35.5. The van der Waals surface area contributed by atoms with Gasteiger partial charge in [0.1, 0.15) is 5.75 Å². The van der Waals surface area contributed by atoms with Crippen molar-refractivity contribution in [2.24, 2.45) is 0 Å². The van der Waals surface area contributed by atoms with Gasteiger partial charge in [-0.05, 0) is 25.1 Å². The molecule has 0 aliphatic heterocycles. The van der Waals surface area contributed by atoms with Gasteiger partial charge >= 0.3 is 0 Å². The Hall–Kier alpha value is -0.990. The molecule has 0 saturated heterocycles. The number of aliphatic hydroxyl groups excluding tert-OH is 1. The van der Waals surface area contributed by atoms with Gasteiger partial charge in [0.25, 0.3) is 0 Å². The van der Waals surface area contributed by atoms with Gasteiger partial charge in [0.15, 0.2) is 0 Å². The van der Waals surface area contributed by atoms with E-state index in [9.17, 15) is 0 Å². The molecular weight excluding hydrogens is 200 g/mol. The summed E-state index contributed by atoms with van der Waals surface area (Å²) in [5, 5.41) is 9.74. The van der Waals surface area contributed by atoms with Crippen LogP contribution in [0.3, 0.4) is 0 Å². The van der Waals surface area contributed by atoms with Crippen LogP contribution in [0.25, 0.3) is 6.08 Å². The Morgan fingerprint density at radius 1 is 1.50 bits per heavy atom. The highest BCUT2D eigenvalue weighted by Gasteiger charge is 2.00. The predicted octanol–water partition coefficient (Wildman–Crippen LogP) is 2.74. The molecule has 76 valence electrons. The lowest BCUT2D eigenvalue weighted by Crippen LogP contribution is -1.92. The summed E-state index contributed by atoms with van der Waals surface area (Å²) in [7, 11) is 1.60. The Bertz CT molecular complexity index is 332. The third-order valence-corrected chi connectivity index (χ3v) is 1.98. The second-order valence-corrected chi connectivity index (χ2v) is 3.42. The molecule has 2 nitrogen and oxygen atoms in total. The molecule has 1 rings (SSSR count). The van der Waals surface area contributed by atoms with Crippen molar-refractivity contribution in [2.75, 3.05) is 7.11 Å². The third-order valence-electron chi connectivity index (χ3n) is 1.75. The smallest absolute Gasteiger partial charge is 0.126 e. The van der Waals surface area contributed by atoms with Gasteiger partial charge in [-0.2, -0.15) is 0 Å². The summed E-state index contributed by atoms with van der Waals surface area (Å²) >= 11 is 5.84. The summed E-state index contributed by atoms with van der Waals surface area (Å²) in [6.07, 6.45) is 2.99. The maximum atomic E-state index is 9.09. The standard InChI is InChI=1S/C11H13ClO2/c1-8(13)3-4-9-7-10(12)5-6-11(9)14-2/h3-8,13H,1-2H3/b4-3+. The molecule has 0 aromatic heterocycles. The molecule has 1 aromatic carbocycles. The van der Waals surface area contributed by atoms with Crippen LogP contribution in [-0.4, -0.2) is 18.3 Å². The van der Waals surface area contributed by atoms with Gasteiger partial charge in [0.2, 0.25) is 0 Å². The fourth-order valence-corrected chi connectivity index (χ4v) is 1.26. The summed E-state index contributed by atoms with van der Waals surface area (Å²) < 4.78 is 5.14. The van der Waals surface area contributed by atoms with Crippen LogP contribution in [-0.2, 0) is 0 Å². The number of halogens is 1. The maximum absolute atomic E-state index is 9.09. The lowest BCUT2D eigenvalue weighted by atomic mass is 10.1. The van der Waals surface area contributed by atoms with E-state index < -0.39 is 6.10 Å². The van der Waals surface area contributed by atoms with Crippen molar-refractivity contribution in [1.29, 1.82) is 0 Å². The van der Waals surface area contributed by atoms with Crippen molar-refractivity contribution < 1.29 is 9.84 Å². The van der Waals surface area contributed by atoms with Crippen LogP contribution in [0.2, 0.25) is 5.02 Å². The first kappa shape index (κ1) is 11.1. The second-order valence-electron chi connectivity index (χ2n) is 2.99. The largest absolute Gasteiger partial charge is 0.496 e. The SMILES string of the molecule is COc1ccc(Cl)cc1/C=C/C(C)O. The zero-order valence-corrected chi connectivity index (χ0v) is 8.95. The van der Waals surface area contributed by atoms with Gasteiger partial charge in [-0.15, -0.1) is 0 Å². The molecule has 0 bridgehead atoms. The molecule has 14 heavy (non-hydrogen) atoms. The minimum absolute atomic E-state index is 0.473. The number of methoxy groups -OCH3 is 1. The molecule has 0 aliphatic rings. The van der Waals surface area contributed by atoms with Crippen LogP contribution in [0.1, 0.15) is 12.5 Å². The van der Waals surface area contributed by atoms with Gasteiger partial charge in [-0.3, -0.25) is 0 Å². The summed E-state index contributed by atoms with van der Waals surface area (Å²) in [4.78, 5) is 0. The molecule has 1 atom stereocenters. The molecule has 1 aromatic rings. The minimum Gasteiger partial charge on any atom is -0.496 e. The van der Waals surface area contributed by atoms with Crippen molar-refractivity contribution in [3.05, 3.63) is 34.9 Å². The Balaban J connectivity index is 2.99. The number of hydrogen-bond acceptors (Lipinski definition) is 2. The number of hydrogen-bond donors (Lipinski definition) is 1. The van der Waals surface area contributed by atoms with Gasteiger partial charge in [0.05, 0.1) is 13.2 Å². The number of ether oxygens (including phenoxy) is 1. The zero-order chi connectivity index (χ0) is 10.6. The van der Waals surface area contributed by atoms with Gasteiger partial charge in [-0.25, -0.2) is 0 Å². The molecule has 3 heteroatoms. The molecule has 0 aliphatic carbocycles. The number of benzene rings is 1. The average Bonchev–Trinajstić information content (AvgIpc) is 2.15. The molecule has 1 unspecified atom stereocenters. The van der Waals surface area contributed by atoms with Gasteiger partial charge in [0, 0.05) is 10.6 Å². The van der Waals surface area contributed by atoms with Crippen LogP contribution < -0.4 is 4.74 Å². The van der Waals surface area contributed by atoms with Crippen molar-refractivity contribution in [1.82, 2.24) is 0 Å². The van der Waals surface area contributed by atoms with Crippen molar-refractivity contribution in [3.8, 4) is 5.75 Å². The van der Waals surface area contributed by atoms with Crippen LogP contribution >= 0.6 is 11.6 Å². The molecule has 0 amide bonds. The predicted molar refractivity (Wildman–Crippen MR) is 58.7 cm³/mol. The number of aliphatic hydroxyl groups is 1. The highest BCUT2D eigenvalue weighted by molar-refractivity contribution is 6.30. The summed E-state index contributed by atoms with van der Waals surface area (Å²) in [5.41, 5.74) is 0.862. The van der Waals surface area contributed by atoms with Gasteiger partial charge in [-0.1, -0.05) is 23.8 Å². The molecular formula is C11H13ClO2. The first-order chi connectivity index (χ1) is 6.63. The Labute approximate surface area is 88.8 Å². The lowest BCUT2D eigenvalue weighted by Gasteiger charge is -2.05. The Morgan fingerprint density at radius 2 is 2.21 bits per heavy atom. The van der Waals surface area contributed by atoms with E-state index in [1.54, 1.807) is 44.4 Å². The minimum atomic E-state index is -0.473. The normalized spacial score (nSPS) is 13.1. The van der Waals surface area contributed by atoms with E-state index in [2.05, 4.69) is 0 Å². The molecule has 0 spiro atoms. The van der Waals surface area contributed by atoms with E-state index in [0.29, 0.717) is 5.02 Å². The lowest BCUT2D eigenvalue weighted by molar-refractivity contribution is 0.245. The monoisotopic (exact) mass is 212 g/mol. The topological polar surface area (TPSA) is 29.5 Å². The molecule has 0 fully saturated rings. The highest BCUT2D eigenvalue weighted by Crippen LogP contribution is 2.23. The van der Waals surface area contributed by atoms with Crippen molar-refractivity contribution in [2.45, 2.75) is 13.0 Å². The molecule has 0 radical (unpaired) electrons. The van der Waals surface area contributed by atoms with Crippen molar-refractivity contribution >= 4 is 17.7 Å². The first-order valence-electron chi connectivity index (χ1n) is 4.33. The van der Waals surface area contributed by atoms with E-state index in [1.807, 2.05) is 0 Å². The summed E-state index contributed by atoms with van der Waals surface area (Å²) in [5.74, 6) is 0.742. The van der Waals surface area contributed by atoms with Crippen LogP contribution in [0, 0.1) is 0 Å². The van der Waals surface area contributed by atoms with Crippen LogP contribution in [0.5, 0.6) is 5.75 Å². The summed E-state index contributed by atoms with van der Waals surface area (Å²) in [6, 6.07) is 5.35. The fraction of sp³-hybridized carbons (Fsp3) is 0.273. The molecule has 1 N–H and O–H groups in total. The van der Waals surface area contributed by atoms with E-state index in [-0.39, 0.29) is 0 Å². The maximum Gasteiger partial charge on any atom is 0.126 e. The van der Waals surface area contributed by atoms with E-state index in [4.69, 9.17) is 21.4 Å². The zero-order valence-electron chi connectivity index (χ0n) is 8.20. The average molecular weight is 213 g/mol. The van der Waals surface area contributed by atoms with E-state index in [1.165, 1.54) is 0 Å². The van der Waals surface area contributed by atoms with Gasteiger partial charge < -0.3 is 9.84 Å². The van der Waals surface area contributed by atoms with Crippen LogP contribution in [0.4, 0.5) is 0 Å². The fourth-order valence-electron chi connectivity index (χ4n) is 1.08. The Morgan fingerprint density at radius 3 is 2.79 bits per heavy atom.